The monoisotopic (exact) mass is 321 g/mol. The van der Waals surface area contributed by atoms with E-state index in [0.29, 0.717) is 5.52 Å². The van der Waals surface area contributed by atoms with Gasteiger partial charge in [0.15, 0.2) is 11.4 Å². The van der Waals surface area contributed by atoms with E-state index < -0.39 is 5.97 Å². The number of ether oxygens (including phenoxy) is 2. The molecule has 24 heavy (non-hydrogen) atoms. The molecular formula is C18H15N3O3. The second kappa shape index (κ2) is 6.42. The van der Waals surface area contributed by atoms with Gasteiger partial charge in [-0.05, 0) is 43.3 Å². The van der Waals surface area contributed by atoms with Crippen LogP contribution in [0, 0.1) is 11.3 Å². The summed E-state index contributed by atoms with van der Waals surface area (Å²) in [4.78, 5) is 16.0. The van der Waals surface area contributed by atoms with Gasteiger partial charge >= 0.3 is 5.97 Å². The molecule has 0 saturated heterocycles. The molecule has 2 aromatic heterocycles. The molecule has 120 valence electrons. The molecule has 0 aliphatic heterocycles. The molecule has 0 atom stereocenters. The van der Waals surface area contributed by atoms with Gasteiger partial charge < -0.3 is 14.0 Å². The summed E-state index contributed by atoms with van der Waals surface area (Å²) in [5, 5.41) is 10.2. The first kappa shape index (κ1) is 15.6. The summed E-state index contributed by atoms with van der Waals surface area (Å²) >= 11 is 0. The minimum atomic E-state index is -0.534. The Labute approximate surface area is 138 Å². The fourth-order valence-corrected chi connectivity index (χ4v) is 2.51. The number of benzene rings is 1. The van der Waals surface area contributed by atoms with Crippen LogP contribution in [0.4, 0.5) is 0 Å². The molecule has 3 rings (SSSR count). The number of nitriles is 1. The fraction of sp³-hybridized carbons (Fsp3) is 0.167. The second-order valence-electron chi connectivity index (χ2n) is 5.01. The zero-order valence-corrected chi connectivity index (χ0v) is 13.3. The predicted octanol–water partition coefficient (Wildman–Crippen LogP) is 3.08. The van der Waals surface area contributed by atoms with Gasteiger partial charge in [0.1, 0.15) is 11.8 Å². The molecular weight excluding hydrogens is 306 g/mol. The van der Waals surface area contributed by atoms with Crippen molar-refractivity contribution in [1.82, 2.24) is 9.55 Å². The van der Waals surface area contributed by atoms with E-state index in [0.717, 1.165) is 16.8 Å². The van der Waals surface area contributed by atoms with E-state index in [1.165, 1.54) is 0 Å². The van der Waals surface area contributed by atoms with Gasteiger partial charge in [0.05, 0.1) is 19.2 Å². The number of methoxy groups -OCH3 is 1. The van der Waals surface area contributed by atoms with Crippen LogP contribution < -0.4 is 4.74 Å². The van der Waals surface area contributed by atoms with Crippen LogP contribution in [0.1, 0.15) is 23.1 Å². The lowest BCUT2D eigenvalue weighted by atomic mass is 10.2. The van der Waals surface area contributed by atoms with Gasteiger partial charge in [-0.3, -0.25) is 0 Å². The van der Waals surface area contributed by atoms with Crippen LogP contribution in [0.3, 0.4) is 0 Å². The quantitative estimate of drug-likeness (QED) is 0.690. The van der Waals surface area contributed by atoms with E-state index in [4.69, 9.17) is 9.47 Å². The fourth-order valence-electron chi connectivity index (χ4n) is 2.51. The molecule has 6 nitrogen and oxygen atoms in total. The molecule has 0 spiro atoms. The van der Waals surface area contributed by atoms with Gasteiger partial charge in [-0.2, -0.15) is 5.26 Å². The molecule has 0 aliphatic carbocycles. The van der Waals surface area contributed by atoms with Crippen molar-refractivity contribution in [2.24, 2.45) is 0 Å². The minimum Gasteiger partial charge on any atom is -0.497 e. The van der Waals surface area contributed by atoms with Gasteiger partial charge in [-0.1, -0.05) is 0 Å². The van der Waals surface area contributed by atoms with E-state index in [2.05, 4.69) is 11.1 Å². The van der Waals surface area contributed by atoms with Crippen LogP contribution >= 0.6 is 0 Å². The van der Waals surface area contributed by atoms with Gasteiger partial charge in [-0.15, -0.1) is 0 Å². The van der Waals surface area contributed by atoms with E-state index in [-0.39, 0.29) is 18.0 Å². The summed E-state index contributed by atoms with van der Waals surface area (Å²) in [6.07, 6.45) is 1.84. The van der Waals surface area contributed by atoms with Crippen molar-refractivity contribution in [2.45, 2.75) is 6.92 Å². The zero-order valence-electron chi connectivity index (χ0n) is 13.3. The Morgan fingerprint density at radius 3 is 2.67 bits per heavy atom. The summed E-state index contributed by atoms with van der Waals surface area (Å²) in [5.74, 6) is 0.214. The average molecular weight is 321 g/mol. The molecule has 2 heterocycles. The van der Waals surface area contributed by atoms with Crippen LogP contribution in [0.25, 0.3) is 16.6 Å². The molecule has 6 heteroatoms. The van der Waals surface area contributed by atoms with Crippen LogP contribution in [-0.2, 0) is 4.74 Å². The van der Waals surface area contributed by atoms with Gasteiger partial charge in [0.2, 0.25) is 0 Å². The minimum absolute atomic E-state index is 0.133. The third-order valence-electron chi connectivity index (χ3n) is 3.61. The number of esters is 1. The van der Waals surface area contributed by atoms with Crippen LogP contribution in [-0.4, -0.2) is 29.2 Å². The SMILES string of the molecule is CCOC(=O)c1cc2ccn(-c3ccc(OC)cc3)c2c(C#N)n1. The van der Waals surface area contributed by atoms with Crippen molar-refractivity contribution >= 4 is 16.9 Å². The Kier molecular flexibility index (Phi) is 4.17. The smallest absolute Gasteiger partial charge is 0.356 e. The molecule has 0 aliphatic rings. The first-order chi connectivity index (χ1) is 11.7. The topological polar surface area (TPSA) is 77.1 Å². The number of fused-ring (bicyclic) bond motifs is 1. The molecule has 0 saturated carbocycles. The maximum Gasteiger partial charge on any atom is 0.356 e. The number of hydrogen-bond acceptors (Lipinski definition) is 5. The molecule has 1 aromatic carbocycles. The van der Waals surface area contributed by atoms with Crippen molar-refractivity contribution in [3.63, 3.8) is 0 Å². The number of carbonyl (C=O) groups excluding carboxylic acids is 1. The number of aromatic nitrogens is 2. The van der Waals surface area contributed by atoms with E-state index in [1.807, 2.05) is 41.1 Å². The van der Waals surface area contributed by atoms with Crippen LogP contribution in [0.5, 0.6) is 5.75 Å². The maximum atomic E-state index is 11.9. The molecule has 0 radical (unpaired) electrons. The third-order valence-corrected chi connectivity index (χ3v) is 3.61. The molecule has 3 aromatic rings. The number of pyridine rings is 1. The van der Waals surface area contributed by atoms with Crippen molar-refractivity contribution in [1.29, 1.82) is 5.26 Å². The largest absolute Gasteiger partial charge is 0.497 e. The third kappa shape index (κ3) is 2.68. The first-order valence-electron chi connectivity index (χ1n) is 7.41. The van der Waals surface area contributed by atoms with Crippen molar-refractivity contribution in [3.8, 4) is 17.5 Å². The summed E-state index contributed by atoms with van der Waals surface area (Å²) in [5.41, 5.74) is 1.83. The van der Waals surface area contributed by atoms with Gasteiger partial charge in [0.25, 0.3) is 0 Å². The number of rotatable bonds is 4. The molecule has 0 fully saturated rings. The highest BCUT2D eigenvalue weighted by Crippen LogP contribution is 2.25. The highest BCUT2D eigenvalue weighted by molar-refractivity contribution is 5.94. The normalized spacial score (nSPS) is 10.4. The summed E-state index contributed by atoms with van der Waals surface area (Å²) in [6, 6.07) is 13.0. The lowest BCUT2D eigenvalue weighted by molar-refractivity contribution is 0.0519. The second-order valence-corrected chi connectivity index (χ2v) is 5.01. The molecule has 0 N–H and O–H groups in total. The number of hydrogen-bond donors (Lipinski definition) is 0. The predicted molar refractivity (Wildman–Crippen MR) is 88.3 cm³/mol. The van der Waals surface area contributed by atoms with Crippen molar-refractivity contribution < 1.29 is 14.3 Å². The van der Waals surface area contributed by atoms with Crippen LogP contribution in [0.15, 0.2) is 42.6 Å². The van der Waals surface area contributed by atoms with E-state index in [9.17, 15) is 10.1 Å². The zero-order chi connectivity index (χ0) is 17.1. The highest BCUT2D eigenvalue weighted by atomic mass is 16.5. The van der Waals surface area contributed by atoms with Crippen LogP contribution in [0.2, 0.25) is 0 Å². The first-order valence-corrected chi connectivity index (χ1v) is 7.41. The molecule has 0 unspecified atom stereocenters. The Balaban J connectivity index is 2.14. The van der Waals surface area contributed by atoms with Gasteiger partial charge in [-0.25, -0.2) is 9.78 Å². The summed E-state index contributed by atoms with van der Waals surface area (Å²) < 4.78 is 12.0. The van der Waals surface area contributed by atoms with E-state index >= 15 is 0 Å². The Hall–Kier alpha value is -3.33. The Morgan fingerprint density at radius 2 is 2.04 bits per heavy atom. The summed E-state index contributed by atoms with van der Waals surface area (Å²) in [6.45, 7) is 1.98. The average Bonchev–Trinajstić information content (AvgIpc) is 3.05. The lowest BCUT2D eigenvalue weighted by Crippen LogP contribution is -2.08. The maximum absolute atomic E-state index is 11.9. The molecule has 0 bridgehead atoms. The number of nitrogens with zero attached hydrogens (tertiary/aromatic N) is 3. The van der Waals surface area contributed by atoms with Gasteiger partial charge in [0, 0.05) is 17.3 Å². The lowest BCUT2D eigenvalue weighted by Gasteiger charge is -2.08. The number of carbonyl (C=O) groups is 1. The van der Waals surface area contributed by atoms with Crippen molar-refractivity contribution in [3.05, 3.63) is 54.0 Å². The Bertz CT molecular complexity index is 937. The standard InChI is InChI=1S/C18H15N3O3/c1-3-24-18(22)15-10-12-8-9-21(17(12)16(11-19)20-15)13-4-6-14(23-2)7-5-13/h4-10H,3H2,1-2H3. The summed E-state index contributed by atoms with van der Waals surface area (Å²) in [7, 11) is 1.61. The Morgan fingerprint density at radius 1 is 1.29 bits per heavy atom. The van der Waals surface area contributed by atoms with E-state index in [1.54, 1.807) is 20.1 Å². The molecule has 0 amide bonds. The highest BCUT2D eigenvalue weighted by Gasteiger charge is 2.16. The van der Waals surface area contributed by atoms with Crippen molar-refractivity contribution in [2.75, 3.05) is 13.7 Å².